The summed E-state index contributed by atoms with van der Waals surface area (Å²) in [5.74, 6) is 1.56. The van der Waals surface area contributed by atoms with Gasteiger partial charge in [0.2, 0.25) is 5.91 Å². The van der Waals surface area contributed by atoms with E-state index in [4.69, 9.17) is 5.11 Å². The number of hydrogen-bond acceptors (Lipinski definition) is 5. The van der Waals surface area contributed by atoms with Crippen molar-refractivity contribution in [2.75, 3.05) is 32.8 Å². The van der Waals surface area contributed by atoms with Crippen LogP contribution in [0.25, 0.3) is 11.4 Å². The molecule has 1 amide bonds. The molecule has 1 fully saturated rings. The number of aliphatic hydroxyl groups is 1. The van der Waals surface area contributed by atoms with Crippen LogP contribution >= 0.6 is 0 Å². The van der Waals surface area contributed by atoms with Crippen LogP contribution in [-0.2, 0) is 18.4 Å². The van der Waals surface area contributed by atoms with Crippen LogP contribution in [0.1, 0.15) is 5.82 Å². The summed E-state index contributed by atoms with van der Waals surface area (Å²) in [6.45, 7) is 3.13. The third-order valence-corrected chi connectivity index (χ3v) is 4.22. The van der Waals surface area contributed by atoms with E-state index in [0.717, 1.165) is 30.3 Å². The Kier molecular flexibility index (Phi) is 4.68. The normalized spacial score (nSPS) is 15.8. The average Bonchev–Trinajstić information content (AvgIpc) is 2.96. The molecule has 1 aromatic heterocycles. The van der Waals surface area contributed by atoms with E-state index in [9.17, 15) is 4.79 Å². The number of carbonyl (C=O) groups is 1. The number of aromatic nitrogens is 3. The van der Waals surface area contributed by atoms with E-state index >= 15 is 0 Å². The van der Waals surface area contributed by atoms with Crippen molar-refractivity contribution in [3.63, 3.8) is 0 Å². The largest absolute Gasteiger partial charge is 0.387 e. The van der Waals surface area contributed by atoms with Crippen molar-refractivity contribution in [3.05, 3.63) is 36.2 Å². The number of carbonyl (C=O) groups excluding carboxylic acids is 1. The Morgan fingerprint density at radius 1 is 1.13 bits per heavy atom. The maximum atomic E-state index is 11.5. The van der Waals surface area contributed by atoms with Crippen LogP contribution < -0.4 is 0 Å². The van der Waals surface area contributed by atoms with Crippen molar-refractivity contribution >= 4 is 5.91 Å². The first-order valence-electron chi connectivity index (χ1n) is 7.73. The average molecular weight is 315 g/mol. The molecule has 0 unspecified atom stereocenters. The Bertz CT molecular complexity index is 662. The molecule has 7 heteroatoms. The highest BCUT2D eigenvalue weighted by molar-refractivity contribution is 5.77. The van der Waals surface area contributed by atoms with Crippen molar-refractivity contribution in [1.29, 1.82) is 0 Å². The third-order valence-electron chi connectivity index (χ3n) is 4.22. The molecule has 3 rings (SSSR count). The van der Waals surface area contributed by atoms with Gasteiger partial charge in [-0.05, 0) is 0 Å². The minimum atomic E-state index is -0.413. The second kappa shape index (κ2) is 6.89. The molecular weight excluding hydrogens is 294 g/mol. The Morgan fingerprint density at radius 2 is 1.83 bits per heavy atom. The lowest BCUT2D eigenvalue weighted by Gasteiger charge is -2.34. The van der Waals surface area contributed by atoms with Gasteiger partial charge in [0.1, 0.15) is 12.4 Å². The summed E-state index contributed by atoms with van der Waals surface area (Å²) in [6, 6.07) is 10.00. The third kappa shape index (κ3) is 3.40. The molecule has 7 nitrogen and oxygen atoms in total. The van der Waals surface area contributed by atoms with Gasteiger partial charge < -0.3 is 14.6 Å². The summed E-state index contributed by atoms with van der Waals surface area (Å²) in [5, 5.41) is 17.5. The maximum Gasteiger partial charge on any atom is 0.248 e. The number of amides is 1. The molecule has 122 valence electrons. The number of piperazine rings is 1. The fraction of sp³-hybridized carbons (Fsp3) is 0.438. The Morgan fingerprint density at radius 3 is 2.48 bits per heavy atom. The minimum absolute atomic E-state index is 0.199. The quantitative estimate of drug-likeness (QED) is 0.867. The van der Waals surface area contributed by atoms with Gasteiger partial charge in [0, 0.05) is 38.8 Å². The maximum absolute atomic E-state index is 11.5. The summed E-state index contributed by atoms with van der Waals surface area (Å²) in [6.07, 6.45) is 0. The Hall–Kier alpha value is -2.25. The molecule has 0 radical (unpaired) electrons. The molecule has 1 aliphatic heterocycles. The monoisotopic (exact) mass is 315 g/mol. The standard InChI is InChI=1S/C16H21N5O2/c1-19-14(17-18-16(19)13-5-3-2-4-6-13)11-20-7-9-21(10-8-20)15(23)12-22/h2-6,22H,7-12H2,1H3. The zero-order chi connectivity index (χ0) is 16.2. The summed E-state index contributed by atoms with van der Waals surface area (Å²) >= 11 is 0. The van der Waals surface area contributed by atoms with Gasteiger partial charge in [-0.2, -0.15) is 0 Å². The minimum Gasteiger partial charge on any atom is -0.387 e. The fourth-order valence-corrected chi connectivity index (χ4v) is 2.79. The number of hydrogen-bond donors (Lipinski definition) is 1. The number of nitrogens with zero attached hydrogens (tertiary/aromatic N) is 5. The Labute approximate surface area is 135 Å². The summed E-state index contributed by atoms with van der Waals surface area (Å²) in [5.41, 5.74) is 1.05. The van der Waals surface area contributed by atoms with Crippen LogP contribution in [0.2, 0.25) is 0 Å². The van der Waals surface area contributed by atoms with Crippen molar-refractivity contribution in [2.45, 2.75) is 6.54 Å². The molecule has 1 aromatic carbocycles. The van der Waals surface area contributed by atoms with Crippen molar-refractivity contribution in [2.24, 2.45) is 7.05 Å². The molecule has 1 saturated heterocycles. The smallest absolute Gasteiger partial charge is 0.248 e. The zero-order valence-corrected chi connectivity index (χ0v) is 13.2. The van der Waals surface area contributed by atoms with Gasteiger partial charge in [-0.15, -0.1) is 10.2 Å². The molecule has 2 heterocycles. The summed E-state index contributed by atoms with van der Waals surface area (Å²) in [7, 11) is 1.98. The second-order valence-electron chi connectivity index (χ2n) is 5.68. The first-order valence-corrected chi connectivity index (χ1v) is 7.73. The van der Waals surface area contributed by atoms with Crippen LogP contribution in [-0.4, -0.2) is 68.4 Å². The highest BCUT2D eigenvalue weighted by atomic mass is 16.3. The molecule has 0 atom stereocenters. The molecule has 1 aliphatic rings. The van der Waals surface area contributed by atoms with Crippen LogP contribution in [0.3, 0.4) is 0 Å². The van der Waals surface area contributed by atoms with Gasteiger partial charge >= 0.3 is 0 Å². The predicted molar refractivity (Wildman–Crippen MR) is 85.4 cm³/mol. The van der Waals surface area contributed by atoms with Gasteiger partial charge in [-0.1, -0.05) is 30.3 Å². The van der Waals surface area contributed by atoms with E-state index in [1.54, 1.807) is 4.90 Å². The first kappa shape index (κ1) is 15.6. The van der Waals surface area contributed by atoms with E-state index in [-0.39, 0.29) is 5.91 Å². The molecule has 0 spiro atoms. The topological polar surface area (TPSA) is 74.5 Å². The van der Waals surface area contributed by atoms with E-state index in [2.05, 4.69) is 15.1 Å². The highest BCUT2D eigenvalue weighted by Crippen LogP contribution is 2.17. The number of rotatable bonds is 4. The van der Waals surface area contributed by atoms with Crippen LogP contribution in [0.4, 0.5) is 0 Å². The lowest BCUT2D eigenvalue weighted by atomic mass is 10.2. The number of benzene rings is 1. The van der Waals surface area contributed by atoms with Crippen molar-refractivity contribution in [1.82, 2.24) is 24.6 Å². The molecule has 2 aromatic rings. The van der Waals surface area contributed by atoms with E-state index in [1.807, 2.05) is 41.9 Å². The van der Waals surface area contributed by atoms with Crippen LogP contribution in [0.15, 0.2) is 30.3 Å². The first-order chi connectivity index (χ1) is 11.2. The molecule has 1 N–H and O–H groups in total. The molecule has 0 bridgehead atoms. The second-order valence-corrected chi connectivity index (χ2v) is 5.68. The van der Waals surface area contributed by atoms with Gasteiger partial charge in [-0.3, -0.25) is 9.69 Å². The zero-order valence-electron chi connectivity index (χ0n) is 13.2. The van der Waals surface area contributed by atoms with E-state index in [0.29, 0.717) is 19.6 Å². The molecular formula is C16H21N5O2. The SMILES string of the molecule is Cn1c(CN2CCN(C(=O)CO)CC2)nnc1-c1ccccc1. The van der Waals surface area contributed by atoms with E-state index < -0.39 is 6.61 Å². The van der Waals surface area contributed by atoms with Crippen molar-refractivity contribution < 1.29 is 9.90 Å². The van der Waals surface area contributed by atoms with Gasteiger partial charge in [0.05, 0.1) is 6.54 Å². The fourth-order valence-electron chi connectivity index (χ4n) is 2.79. The van der Waals surface area contributed by atoms with Crippen LogP contribution in [0.5, 0.6) is 0 Å². The van der Waals surface area contributed by atoms with Gasteiger partial charge in [0.25, 0.3) is 0 Å². The highest BCUT2D eigenvalue weighted by Gasteiger charge is 2.22. The number of aliphatic hydroxyl groups excluding tert-OH is 1. The van der Waals surface area contributed by atoms with Gasteiger partial charge in [0.15, 0.2) is 5.82 Å². The predicted octanol–water partition coefficient (Wildman–Crippen LogP) is 0.119. The molecule has 0 saturated carbocycles. The molecule has 0 aliphatic carbocycles. The molecule has 23 heavy (non-hydrogen) atoms. The van der Waals surface area contributed by atoms with Crippen molar-refractivity contribution in [3.8, 4) is 11.4 Å². The lowest BCUT2D eigenvalue weighted by Crippen LogP contribution is -2.49. The summed E-state index contributed by atoms with van der Waals surface area (Å²) < 4.78 is 2.01. The van der Waals surface area contributed by atoms with E-state index in [1.165, 1.54) is 0 Å². The van der Waals surface area contributed by atoms with Gasteiger partial charge in [-0.25, -0.2) is 0 Å². The summed E-state index contributed by atoms with van der Waals surface area (Å²) in [4.78, 5) is 15.4. The van der Waals surface area contributed by atoms with Crippen LogP contribution in [0, 0.1) is 0 Å². The Balaban J connectivity index is 1.64. The lowest BCUT2D eigenvalue weighted by molar-refractivity contribution is -0.136.